The van der Waals surface area contributed by atoms with Crippen molar-refractivity contribution in [2.45, 2.75) is 61.8 Å². The molecule has 2 saturated heterocycles. The molecule has 4 heterocycles. The van der Waals surface area contributed by atoms with Gasteiger partial charge in [-0.25, -0.2) is 13.8 Å². The Labute approximate surface area is 195 Å². The molecule has 1 atom stereocenters. The van der Waals surface area contributed by atoms with Crippen molar-refractivity contribution in [3.8, 4) is 0 Å². The second-order valence-electron chi connectivity index (χ2n) is 9.25. The van der Waals surface area contributed by atoms with Crippen molar-refractivity contribution in [1.82, 2.24) is 9.97 Å². The summed E-state index contributed by atoms with van der Waals surface area (Å²) in [6.07, 6.45) is 4.36. The van der Waals surface area contributed by atoms with Crippen LogP contribution >= 0.6 is 0 Å². The number of alkyl halides is 2. The number of anilines is 2. The van der Waals surface area contributed by atoms with E-state index in [2.05, 4.69) is 10.2 Å². The fraction of sp³-hybridized carbons (Fsp3) is 0.583. The van der Waals surface area contributed by atoms with Gasteiger partial charge in [-0.1, -0.05) is 24.3 Å². The number of ether oxygens (including phenoxy) is 1. The molecule has 178 valence electrons. The van der Waals surface area contributed by atoms with Gasteiger partial charge in [-0.2, -0.15) is 4.98 Å². The second kappa shape index (κ2) is 9.25. The van der Waals surface area contributed by atoms with Crippen LogP contribution in [-0.4, -0.2) is 52.3 Å². The van der Waals surface area contributed by atoms with Gasteiger partial charge in [-0.3, -0.25) is 4.21 Å². The lowest BCUT2D eigenvalue weighted by molar-refractivity contribution is 0.0174. The maximum absolute atomic E-state index is 13.5. The van der Waals surface area contributed by atoms with E-state index in [1.54, 1.807) is 12.1 Å². The molecular formula is C24H30F2N4O2S. The number of fused-ring (bicyclic) bond motifs is 1. The monoisotopic (exact) mass is 476 g/mol. The Morgan fingerprint density at radius 1 is 1.09 bits per heavy atom. The Balaban J connectivity index is 1.30. The average molecular weight is 477 g/mol. The number of piperidine rings is 1. The van der Waals surface area contributed by atoms with E-state index in [4.69, 9.17) is 14.7 Å². The maximum Gasteiger partial charge on any atom is 0.270 e. The zero-order chi connectivity index (χ0) is 23.0. The summed E-state index contributed by atoms with van der Waals surface area (Å²) >= 11 is 0. The van der Waals surface area contributed by atoms with Gasteiger partial charge in [0.2, 0.25) is 5.95 Å². The molecule has 1 aromatic heterocycles. The van der Waals surface area contributed by atoms with Crippen LogP contribution < -0.4 is 10.2 Å². The van der Waals surface area contributed by atoms with Crippen LogP contribution in [0.5, 0.6) is 0 Å². The normalized spacial score (nSPS) is 22.4. The van der Waals surface area contributed by atoms with E-state index >= 15 is 0 Å². The van der Waals surface area contributed by atoms with Gasteiger partial charge in [0.05, 0.1) is 16.5 Å². The van der Waals surface area contributed by atoms with Gasteiger partial charge in [0.15, 0.2) is 0 Å². The van der Waals surface area contributed by atoms with E-state index in [0.29, 0.717) is 24.0 Å². The summed E-state index contributed by atoms with van der Waals surface area (Å²) < 4.78 is 45.1. The van der Waals surface area contributed by atoms with Gasteiger partial charge >= 0.3 is 0 Å². The number of hydrogen-bond donors (Lipinski definition) is 1. The smallest absolute Gasteiger partial charge is 0.270 e. The van der Waals surface area contributed by atoms with Crippen molar-refractivity contribution in [2.24, 2.45) is 0 Å². The Hall–Kier alpha value is -2.13. The third-order valence-corrected chi connectivity index (χ3v) is 8.36. The first-order chi connectivity index (χ1) is 15.9. The summed E-state index contributed by atoms with van der Waals surface area (Å²) in [5, 5.41) is 3.53. The molecule has 0 saturated carbocycles. The van der Waals surface area contributed by atoms with Gasteiger partial charge < -0.3 is 15.0 Å². The van der Waals surface area contributed by atoms with E-state index in [1.807, 2.05) is 12.1 Å². The lowest BCUT2D eigenvalue weighted by Crippen LogP contribution is -2.35. The summed E-state index contributed by atoms with van der Waals surface area (Å²) in [6, 6.07) is 7.03. The Bertz CT molecular complexity index is 1010. The molecule has 2 aromatic rings. The molecule has 33 heavy (non-hydrogen) atoms. The van der Waals surface area contributed by atoms with Crippen molar-refractivity contribution in [3.05, 3.63) is 41.1 Å². The van der Waals surface area contributed by atoms with Crippen molar-refractivity contribution in [3.63, 3.8) is 0 Å². The van der Waals surface area contributed by atoms with E-state index in [9.17, 15) is 13.0 Å². The van der Waals surface area contributed by atoms with Crippen LogP contribution in [-0.2, 0) is 27.9 Å². The third kappa shape index (κ3) is 4.89. The standard InChI is InChI=1S/C24H30F2N4O2S/c1-24(25,26)18-4-2-16(3-5-18)17-6-11-30(12-7-17)23-28-20-10-15-33(31)21(20)22(29-23)27-19-8-13-32-14-9-19/h2-5,17,19H,6-15H2,1H3,(H,27,28,29). The van der Waals surface area contributed by atoms with Gasteiger partial charge in [0, 0.05) is 57.0 Å². The molecule has 0 aliphatic carbocycles. The highest BCUT2D eigenvalue weighted by Crippen LogP contribution is 2.35. The quantitative estimate of drug-likeness (QED) is 0.697. The second-order valence-corrected chi connectivity index (χ2v) is 10.8. The number of rotatable bonds is 5. The SMILES string of the molecule is CC(F)(F)c1ccc(C2CCN(c3nc4c(c(NC5CCOCC5)n3)S(=O)CC4)CC2)cc1. The largest absolute Gasteiger partial charge is 0.381 e. The molecule has 3 aliphatic rings. The molecule has 1 aromatic carbocycles. The minimum atomic E-state index is -2.81. The summed E-state index contributed by atoms with van der Waals surface area (Å²) in [5.41, 5.74) is 2.05. The lowest BCUT2D eigenvalue weighted by atomic mass is 9.89. The Morgan fingerprint density at radius 2 is 1.79 bits per heavy atom. The van der Waals surface area contributed by atoms with Gasteiger partial charge in [0.1, 0.15) is 10.7 Å². The lowest BCUT2D eigenvalue weighted by Gasteiger charge is -2.33. The minimum Gasteiger partial charge on any atom is -0.381 e. The molecular weight excluding hydrogens is 446 g/mol. The van der Waals surface area contributed by atoms with Crippen molar-refractivity contribution in [2.75, 3.05) is 42.3 Å². The molecule has 1 N–H and O–H groups in total. The molecule has 1 unspecified atom stereocenters. The summed E-state index contributed by atoms with van der Waals surface area (Å²) in [5.74, 6) is -0.461. The predicted molar refractivity (Wildman–Crippen MR) is 125 cm³/mol. The molecule has 5 rings (SSSR count). The molecule has 9 heteroatoms. The first-order valence-electron chi connectivity index (χ1n) is 11.8. The number of nitrogens with one attached hydrogen (secondary N) is 1. The number of benzene rings is 1. The number of nitrogens with zero attached hydrogens (tertiary/aromatic N) is 3. The van der Waals surface area contributed by atoms with Gasteiger partial charge in [-0.05, 0) is 37.2 Å². The Morgan fingerprint density at radius 3 is 2.45 bits per heavy atom. The zero-order valence-corrected chi connectivity index (χ0v) is 19.7. The molecule has 6 nitrogen and oxygen atoms in total. The van der Waals surface area contributed by atoms with Crippen LogP contribution in [0.1, 0.15) is 55.3 Å². The molecule has 0 radical (unpaired) electrons. The number of aryl methyl sites for hydroxylation is 1. The van der Waals surface area contributed by atoms with Crippen LogP contribution in [0, 0.1) is 0 Å². The van der Waals surface area contributed by atoms with Crippen LogP contribution in [0.2, 0.25) is 0 Å². The van der Waals surface area contributed by atoms with Crippen LogP contribution in [0.15, 0.2) is 29.2 Å². The van der Waals surface area contributed by atoms with E-state index in [1.165, 1.54) is 0 Å². The fourth-order valence-electron chi connectivity index (χ4n) is 4.92. The highest BCUT2D eigenvalue weighted by atomic mass is 32.2. The number of halogens is 2. The molecule has 0 amide bonds. The van der Waals surface area contributed by atoms with Gasteiger partial charge in [0.25, 0.3) is 5.92 Å². The molecule has 0 bridgehead atoms. The number of aromatic nitrogens is 2. The molecule has 0 spiro atoms. The van der Waals surface area contributed by atoms with Gasteiger partial charge in [-0.15, -0.1) is 0 Å². The highest BCUT2D eigenvalue weighted by molar-refractivity contribution is 7.85. The first-order valence-corrected chi connectivity index (χ1v) is 13.1. The maximum atomic E-state index is 13.5. The third-order valence-electron chi connectivity index (χ3n) is 6.90. The summed E-state index contributed by atoms with van der Waals surface area (Å²) in [4.78, 5) is 12.6. The van der Waals surface area contributed by atoms with E-state index in [-0.39, 0.29) is 11.6 Å². The molecule has 3 aliphatic heterocycles. The molecule has 2 fully saturated rings. The minimum absolute atomic E-state index is 0.0529. The first kappa shape index (κ1) is 22.7. The topological polar surface area (TPSA) is 67.3 Å². The van der Waals surface area contributed by atoms with E-state index in [0.717, 1.165) is 80.9 Å². The fourth-order valence-corrected chi connectivity index (χ4v) is 6.23. The zero-order valence-electron chi connectivity index (χ0n) is 18.9. The van der Waals surface area contributed by atoms with Crippen LogP contribution in [0.3, 0.4) is 0 Å². The van der Waals surface area contributed by atoms with Crippen molar-refractivity contribution >= 4 is 22.6 Å². The average Bonchev–Trinajstić information content (AvgIpc) is 3.20. The summed E-state index contributed by atoms with van der Waals surface area (Å²) in [6.45, 7) is 3.98. The van der Waals surface area contributed by atoms with Crippen LogP contribution in [0.25, 0.3) is 0 Å². The summed E-state index contributed by atoms with van der Waals surface area (Å²) in [7, 11) is -1.06. The Kier molecular flexibility index (Phi) is 6.35. The highest BCUT2D eigenvalue weighted by Gasteiger charge is 2.30. The van der Waals surface area contributed by atoms with Crippen LogP contribution in [0.4, 0.5) is 20.5 Å². The number of hydrogen-bond acceptors (Lipinski definition) is 6. The predicted octanol–water partition coefficient (Wildman–Crippen LogP) is 4.23. The van der Waals surface area contributed by atoms with Crippen molar-refractivity contribution < 1.29 is 17.7 Å². The van der Waals surface area contributed by atoms with Crippen molar-refractivity contribution in [1.29, 1.82) is 0 Å². The van der Waals surface area contributed by atoms with E-state index < -0.39 is 16.7 Å².